The SMILES string of the molecule is COC(=O)c1cc2onc(C)c2cc1F. The first-order valence-corrected chi connectivity index (χ1v) is 4.27. The molecular weight excluding hydrogens is 201 g/mol. The summed E-state index contributed by atoms with van der Waals surface area (Å²) < 4.78 is 22.8. The fourth-order valence-electron chi connectivity index (χ4n) is 1.34. The number of fused-ring (bicyclic) bond motifs is 1. The molecule has 0 aliphatic rings. The summed E-state index contributed by atoms with van der Waals surface area (Å²) in [6.07, 6.45) is 0. The second-order valence-corrected chi connectivity index (χ2v) is 3.09. The van der Waals surface area contributed by atoms with Crippen LogP contribution in [0.3, 0.4) is 0 Å². The molecule has 0 spiro atoms. The van der Waals surface area contributed by atoms with Gasteiger partial charge in [0.2, 0.25) is 0 Å². The van der Waals surface area contributed by atoms with Gasteiger partial charge in [-0.1, -0.05) is 5.16 Å². The van der Waals surface area contributed by atoms with Crippen molar-refractivity contribution in [2.75, 3.05) is 7.11 Å². The van der Waals surface area contributed by atoms with Gasteiger partial charge in [-0.2, -0.15) is 0 Å². The quantitative estimate of drug-likeness (QED) is 0.674. The van der Waals surface area contributed by atoms with Crippen LogP contribution >= 0.6 is 0 Å². The van der Waals surface area contributed by atoms with E-state index in [9.17, 15) is 9.18 Å². The third-order valence-corrected chi connectivity index (χ3v) is 2.15. The van der Waals surface area contributed by atoms with Crippen LogP contribution in [0, 0.1) is 12.7 Å². The van der Waals surface area contributed by atoms with Gasteiger partial charge in [0.05, 0.1) is 18.4 Å². The van der Waals surface area contributed by atoms with Crippen molar-refractivity contribution < 1.29 is 18.4 Å². The van der Waals surface area contributed by atoms with Crippen molar-refractivity contribution in [3.8, 4) is 0 Å². The number of ether oxygens (including phenoxy) is 1. The fraction of sp³-hybridized carbons (Fsp3) is 0.200. The predicted octanol–water partition coefficient (Wildman–Crippen LogP) is 2.06. The zero-order chi connectivity index (χ0) is 11.0. The van der Waals surface area contributed by atoms with Crippen molar-refractivity contribution in [2.24, 2.45) is 0 Å². The first-order valence-electron chi connectivity index (χ1n) is 4.27. The molecule has 5 heteroatoms. The van der Waals surface area contributed by atoms with Crippen molar-refractivity contribution in [1.82, 2.24) is 5.16 Å². The number of hydrogen-bond donors (Lipinski definition) is 0. The van der Waals surface area contributed by atoms with Gasteiger partial charge in [-0.3, -0.25) is 0 Å². The molecular formula is C10H8FNO3. The van der Waals surface area contributed by atoms with E-state index < -0.39 is 11.8 Å². The molecule has 1 heterocycles. The molecule has 0 atom stereocenters. The second kappa shape index (κ2) is 3.34. The Morgan fingerprint density at radius 1 is 1.53 bits per heavy atom. The van der Waals surface area contributed by atoms with E-state index in [1.165, 1.54) is 19.2 Å². The minimum atomic E-state index is -0.733. The Morgan fingerprint density at radius 3 is 2.93 bits per heavy atom. The highest BCUT2D eigenvalue weighted by molar-refractivity contribution is 5.94. The zero-order valence-corrected chi connectivity index (χ0v) is 8.20. The first-order chi connectivity index (χ1) is 7.13. The van der Waals surface area contributed by atoms with Gasteiger partial charge in [-0.05, 0) is 13.0 Å². The lowest BCUT2D eigenvalue weighted by atomic mass is 10.1. The third-order valence-electron chi connectivity index (χ3n) is 2.15. The fourth-order valence-corrected chi connectivity index (χ4v) is 1.34. The molecule has 4 nitrogen and oxygen atoms in total. The van der Waals surface area contributed by atoms with Crippen LogP contribution in [0.1, 0.15) is 16.1 Å². The largest absolute Gasteiger partial charge is 0.465 e. The molecule has 0 unspecified atom stereocenters. The molecule has 0 saturated heterocycles. The van der Waals surface area contributed by atoms with Crippen LogP contribution in [-0.2, 0) is 4.74 Å². The highest BCUT2D eigenvalue weighted by Crippen LogP contribution is 2.22. The number of benzene rings is 1. The molecule has 0 radical (unpaired) electrons. The Morgan fingerprint density at radius 2 is 2.27 bits per heavy atom. The lowest BCUT2D eigenvalue weighted by Crippen LogP contribution is -2.03. The van der Waals surface area contributed by atoms with Crippen LogP contribution in [0.2, 0.25) is 0 Å². The molecule has 0 amide bonds. The van der Waals surface area contributed by atoms with Gasteiger partial charge in [-0.25, -0.2) is 9.18 Å². The first kappa shape index (κ1) is 9.64. The number of halogens is 1. The Bertz CT molecular complexity index is 533. The molecule has 1 aromatic heterocycles. The van der Waals surface area contributed by atoms with Crippen molar-refractivity contribution in [3.63, 3.8) is 0 Å². The number of carbonyl (C=O) groups is 1. The Labute approximate surface area is 84.6 Å². The van der Waals surface area contributed by atoms with E-state index in [1.54, 1.807) is 6.92 Å². The number of aryl methyl sites for hydroxylation is 1. The van der Waals surface area contributed by atoms with Gasteiger partial charge >= 0.3 is 5.97 Å². The molecule has 0 N–H and O–H groups in total. The molecule has 0 aliphatic carbocycles. The maximum absolute atomic E-state index is 13.4. The summed E-state index contributed by atoms with van der Waals surface area (Å²) in [5.74, 6) is -1.37. The van der Waals surface area contributed by atoms with Crippen molar-refractivity contribution in [3.05, 3.63) is 29.2 Å². The van der Waals surface area contributed by atoms with Gasteiger partial charge in [0.25, 0.3) is 0 Å². The Balaban J connectivity index is 2.68. The van der Waals surface area contributed by atoms with Gasteiger partial charge in [0.15, 0.2) is 5.58 Å². The van der Waals surface area contributed by atoms with E-state index in [-0.39, 0.29) is 5.56 Å². The van der Waals surface area contributed by atoms with Crippen LogP contribution < -0.4 is 0 Å². The van der Waals surface area contributed by atoms with Crippen molar-refractivity contribution >= 4 is 16.9 Å². The lowest BCUT2D eigenvalue weighted by molar-refractivity contribution is 0.0595. The summed E-state index contributed by atoms with van der Waals surface area (Å²) >= 11 is 0. The molecule has 0 saturated carbocycles. The summed E-state index contributed by atoms with van der Waals surface area (Å²) in [6.45, 7) is 1.70. The number of esters is 1. The Hall–Kier alpha value is -1.91. The van der Waals surface area contributed by atoms with Crippen LogP contribution in [0.5, 0.6) is 0 Å². The number of rotatable bonds is 1. The smallest absolute Gasteiger partial charge is 0.340 e. The van der Waals surface area contributed by atoms with E-state index in [4.69, 9.17) is 4.52 Å². The maximum atomic E-state index is 13.4. The number of carbonyl (C=O) groups excluding carboxylic acids is 1. The number of hydrogen-bond acceptors (Lipinski definition) is 4. The minimum absolute atomic E-state index is 0.152. The molecule has 2 rings (SSSR count). The number of aromatic nitrogens is 1. The zero-order valence-electron chi connectivity index (χ0n) is 8.20. The van der Waals surface area contributed by atoms with Gasteiger partial charge < -0.3 is 9.26 Å². The summed E-state index contributed by atoms with van der Waals surface area (Å²) in [5.41, 5.74) is 0.802. The van der Waals surface area contributed by atoms with E-state index in [0.717, 1.165) is 0 Å². The van der Waals surface area contributed by atoms with E-state index in [1.807, 2.05) is 0 Å². The standard InChI is InChI=1S/C10H8FNO3/c1-5-6-3-8(11)7(10(13)14-2)4-9(6)15-12-5/h3-4H,1-2H3. The highest BCUT2D eigenvalue weighted by atomic mass is 19.1. The van der Waals surface area contributed by atoms with Crippen molar-refractivity contribution in [1.29, 1.82) is 0 Å². The molecule has 0 fully saturated rings. The summed E-state index contributed by atoms with van der Waals surface area (Å²) in [4.78, 5) is 11.2. The molecule has 0 aliphatic heterocycles. The van der Waals surface area contributed by atoms with Crippen LogP contribution in [0.25, 0.3) is 11.0 Å². The average molecular weight is 209 g/mol. The average Bonchev–Trinajstić information content (AvgIpc) is 2.58. The number of methoxy groups -OCH3 is 1. The van der Waals surface area contributed by atoms with Gasteiger partial charge in [0, 0.05) is 11.5 Å². The topological polar surface area (TPSA) is 52.3 Å². The normalized spacial score (nSPS) is 10.6. The Kier molecular flexibility index (Phi) is 2.15. The molecule has 15 heavy (non-hydrogen) atoms. The maximum Gasteiger partial charge on any atom is 0.340 e. The second-order valence-electron chi connectivity index (χ2n) is 3.09. The highest BCUT2D eigenvalue weighted by Gasteiger charge is 2.16. The van der Waals surface area contributed by atoms with Gasteiger partial charge in [0.1, 0.15) is 5.82 Å². The van der Waals surface area contributed by atoms with E-state index >= 15 is 0 Å². The summed E-state index contributed by atoms with van der Waals surface area (Å²) in [7, 11) is 1.19. The van der Waals surface area contributed by atoms with E-state index in [2.05, 4.69) is 9.89 Å². The molecule has 0 bridgehead atoms. The monoisotopic (exact) mass is 209 g/mol. The minimum Gasteiger partial charge on any atom is -0.465 e. The number of nitrogens with zero attached hydrogens (tertiary/aromatic N) is 1. The third kappa shape index (κ3) is 1.45. The summed E-state index contributed by atoms with van der Waals surface area (Å²) in [5, 5.41) is 4.23. The lowest BCUT2D eigenvalue weighted by Gasteiger charge is -1.99. The van der Waals surface area contributed by atoms with Crippen molar-refractivity contribution in [2.45, 2.75) is 6.92 Å². The van der Waals surface area contributed by atoms with Gasteiger partial charge in [-0.15, -0.1) is 0 Å². The molecule has 2 aromatic rings. The van der Waals surface area contributed by atoms with Crippen LogP contribution in [0.4, 0.5) is 4.39 Å². The van der Waals surface area contributed by atoms with E-state index in [0.29, 0.717) is 16.7 Å². The summed E-state index contributed by atoms with van der Waals surface area (Å²) in [6, 6.07) is 2.50. The van der Waals surface area contributed by atoms with Crippen LogP contribution in [-0.4, -0.2) is 18.2 Å². The predicted molar refractivity (Wildman–Crippen MR) is 50.0 cm³/mol. The van der Waals surface area contributed by atoms with Crippen LogP contribution in [0.15, 0.2) is 16.7 Å². The molecule has 1 aromatic carbocycles. The molecule has 78 valence electrons.